The Morgan fingerprint density at radius 3 is 2.05 bits per heavy atom. The Morgan fingerprint density at radius 1 is 1.15 bits per heavy atom. The summed E-state index contributed by atoms with van der Waals surface area (Å²) in [6.07, 6.45) is 10.4. The average molecular weight is 298 g/mol. The van der Waals surface area contributed by atoms with Crippen molar-refractivity contribution in [2.75, 3.05) is 0 Å². The number of amides is 1. The summed E-state index contributed by atoms with van der Waals surface area (Å²) >= 11 is 5.29. The fraction of sp³-hybridized carbons (Fsp3) is 0.875. The van der Waals surface area contributed by atoms with Gasteiger partial charge in [-0.2, -0.15) is 0 Å². The summed E-state index contributed by atoms with van der Waals surface area (Å²) in [7, 11) is 0. The second-order valence-corrected chi connectivity index (χ2v) is 6.56. The van der Waals surface area contributed by atoms with Gasteiger partial charge in [-0.1, -0.05) is 64.6 Å². The van der Waals surface area contributed by atoms with Crippen molar-refractivity contribution in [1.29, 1.82) is 0 Å². The summed E-state index contributed by atoms with van der Waals surface area (Å²) in [6.45, 7) is 4.26. The normalized spacial score (nSPS) is 18.6. The van der Waals surface area contributed by atoms with E-state index in [1.165, 1.54) is 12.8 Å². The van der Waals surface area contributed by atoms with Crippen molar-refractivity contribution in [3.8, 4) is 0 Å². The molecule has 0 saturated heterocycles. The predicted molar refractivity (Wildman–Crippen MR) is 88.7 cm³/mol. The van der Waals surface area contributed by atoms with Gasteiger partial charge in [-0.25, -0.2) is 0 Å². The van der Waals surface area contributed by atoms with Crippen LogP contribution in [0, 0.1) is 5.92 Å². The SMILES string of the molecule is CCCC(CCC)C(=O)NC1(C(N)=S)CCCCCC1. The van der Waals surface area contributed by atoms with E-state index in [-0.39, 0.29) is 11.8 Å². The fourth-order valence-corrected chi connectivity index (χ4v) is 3.46. The lowest BCUT2D eigenvalue weighted by Crippen LogP contribution is -2.57. The third kappa shape index (κ3) is 4.72. The summed E-state index contributed by atoms with van der Waals surface area (Å²) in [5, 5.41) is 3.24. The summed E-state index contributed by atoms with van der Waals surface area (Å²) in [6, 6.07) is 0. The van der Waals surface area contributed by atoms with Crippen LogP contribution < -0.4 is 11.1 Å². The summed E-state index contributed by atoms with van der Waals surface area (Å²) in [4.78, 5) is 13.1. The third-order valence-corrected chi connectivity index (χ3v) is 4.83. The quantitative estimate of drug-likeness (QED) is 0.556. The van der Waals surface area contributed by atoms with E-state index in [9.17, 15) is 4.79 Å². The topological polar surface area (TPSA) is 55.1 Å². The Hall–Kier alpha value is -0.640. The van der Waals surface area contributed by atoms with E-state index in [1.54, 1.807) is 0 Å². The molecule has 0 aliphatic heterocycles. The van der Waals surface area contributed by atoms with Crippen LogP contribution in [0.15, 0.2) is 0 Å². The first-order chi connectivity index (χ1) is 9.55. The molecule has 3 nitrogen and oxygen atoms in total. The zero-order chi connectivity index (χ0) is 15.0. The molecular formula is C16H30N2OS. The van der Waals surface area contributed by atoms with Crippen molar-refractivity contribution in [1.82, 2.24) is 5.32 Å². The van der Waals surface area contributed by atoms with Crippen molar-refractivity contribution in [2.45, 2.75) is 83.6 Å². The smallest absolute Gasteiger partial charge is 0.223 e. The van der Waals surface area contributed by atoms with E-state index in [1.807, 2.05) is 0 Å². The first-order valence-corrected chi connectivity index (χ1v) is 8.58. The largest absolute Gasteiger partial charge is 0.391 e. The number of carbonyl (C=O) groups is 1. The van der Waals surface area contributed by atoms with Gasteiger partial charge in [-0.15, -0.1) is 0 Å². The van der Waals surface area contributed by atoms with Crippen LogP contribution in [-0.4, -0.2) is 16.4 Å². The fourth-order valence-electron chi connectivity index (χ4n) is 3.21. The predicted octanol–water partition coefficient (Wildman–Crippen LogP) is 3.70. The maximum atomic E-state index is 12.6. The molecule has 1 fully saturated rings. The third-order valence-electron chi connectivity index (χ3n) is 4.44. The van der Waals surface area contributed by atoms with Crippen LogP contribution in [0.25, 0.3) is 0 Å². The van der Waals surface area contributed by atoms with Gasteiger partial charge in [0.15, 0.2) is 0 Å². The van der Waals surface area contributed by atoms with Crippen LogP contribution in [0.5, 0.6) is 0 Å². The van der Waals surface area contributed by atoms with E-state index in [2.05, 4.69) is 19.2 Å². The minimum Gasteiger partial charge on any atom is -0.391 e. The molecule has 116 valence electrons. The highest BCUT2D eigenvalue weighted by Crippen LogP contribution is 2.28. The summed E-state index contributed by atoms with van der Waals surface area (Å²) in [5.74, 6) is 0.267. The average Bonchev–Trinajstić information content (AvgIpc) is 2.65. The van der Waals surface area contributed by atoms with Gasteiger partial charge >= 0.3 is 0 Å². The highest BCUT2D eigenvalue weighted by Gasteiger charge is 2.36. The van der Waals surface area contributed by atoms with Crippen molar-refractivity contribution in [3.05, 3.63) is 0 Å². The number of nitrogens with two attached hydrogens (primary N) is 1. The van der Waals surface area contributed by atoms with Gasteiger partial charge in [-0.05, 0) is 25.7 Å². The molecule has 1 rings (SSSR count). The number of hydrogen-bond acceptors (Lipinski definition) is 2. The van der Waals surface area contributed by atoms with Crippen molar-refractivity contribution < 1.29 is 4.79 Å². The van der Waals surface area contributed by atoms with Crippen LogP contribution in [0.1, 0.15) is 78.1 Å². The number of thiocarbonyl (C=S) groups is 1. The van der Waals surface area contributed by atoms with Crippen LogP contribution in [0.2, 0.25) is 0 Å². The number of carbonyl (C=O) groups excluding carboxylic acids is 1. The van der Waals surface area contributed by atoms with Gasteiger partial charge in [-0.3, -0.25) is 4.79 Å². The van der Waals surface area contributed by atoms with Gasteiger partial charge in [0.05, 0.1) is 10.5 Å². The lowest BCUT2D eigenvalue weighted by molar-refractivity contribution is -0.126. The molecule has 1 saturated carbocycles. The lowest BCUT2D eigenvalue weighted by atomic mass is 9.88. The highest BCUT2D eigenvalue weighted by molar-refractivity contribution is 7.80. The second kappa shape index (κ2) is 8.60. The zero-order valence-corrected chi connectivity index (χ0v) is 13.9. The molecule has 0 atom stereocenters. The van der Waals surface area contributed by atoms with Gasteiger partial charge in [0.25, 0.3) is 0 Å². The molecule has 0 radical (unpaired) electrons. The van der Waals surface area contributed by atoms with Crippen molar-refractivity contribution >= 4 is 23.1 Å². The van der Waals surface area contributed by atoms with Crippen molar-refractivity contribution in [3.63, 3.8) is 0 Å². The molecular weight excluding hydrogens is 268 g/mol. The van der Waals surface area contributed by atoms with E-state index in [4.69, 9.17) is 18.0 Å². The van der Waals surface area contributed by atoms with E-state index in [0.29, 0.717) is 4.99 Å². The zero-order valence-electron chi connectivity index (χ0n) is 13.0. The summed E-state index contributed by atoms with van der Waals surface area (Å²) < 4.78 is 0. The van der Waals surface area contributed by atoms with Crippen LogP contribution in [0.3, 0.4) is 0 Å². The summed E-state index contributed by atoms with van der Waals surface area (Å²) in [5.41, 5.74) is 5.56. The second-order valence-electron chi connectivity index (χ2n) is 6.12. The first-order valence-electron chi connectivity index (χ1n) is 8.17. The molecule has 0 heterocycles. The lowest BCUT2D eigenvalue weighted by Gasteiger charge is -2.34. The molecule has 1 aliphatic carbocycles. The Morgan fingerprint density at radius 2 is 1.65 bits per heavy atom. The maximum Gasteiger partial charge on any atom is 0.223 e. The molecule has 0 bridgehead atoms. The molecule has 3 N–H and O–H groups in total. The highest BCUT2D eigenvalue weighted by atomic mass is 32.1. The molecule has 0 aromatic carbocycles. The Labute approximate surface area is 129 Å². The minimum atomic E-state index is -0.428. The van der Waals surface area contributed by atoms with E-state index in [0.717, 1.165) is 51.4 Å². The maximum absolute atomic E-state index is 12.6. The molecule has 20 heavy (non-hydrogen) atoms. The number of hydrogen-bond donors (Lipinski definition) is 2. The van der Waals surface area contributed by atoms with Crippen LogP contribution >= 0.6 is 12.2 Å². The molecule has 0 aromatic heterocycles. The van der Waals surface area contributed by atoms with Gasteiger partial charge in [0.1, 0.15) is 0 Å². The molecule has 1 aliphatic rings. The van der Waals surface area contributed by atoms with Gasteiger partial charge in [0, 0.05) is 5.92 Å². The molecule has 0 spiro atoms. The number of nitrogens with one attached hydrogen (secondary N) is 1. The van der Waals surface area contributed by atoms with Crippen LogP contribution in [0.4, 0.5) is 0 Å². The van der Waals surface area contributed by atoms with Gasteiger partial charge in [0.2, 0.25) is 5.91 Å². The standard InChI is InChI=1S/C16H30N2OS/c1-3-9-13(10-4-2)14(19)18-16(15(17)20)11-7-5-6-8-12-16/h13H,3-12H2,1-2H3,(H2,17,20)(H,18,19). The van der Waals surface area contributed by atoms with Crippen LogP contribution in [-0.2, 0) is 4.79 Å². The molecule has 1 amide bonds. The Kier molecular flexibility index (Phi) is 7.49. The molecule has 0 aromatic rings. The first kappa shape index (κ1) is 17.4. The monoisotopic (exact) mass is 298 g/mol. The van der Waals surface area contributed by atoms with Crippen molar-refractivity contribution in [2.24, 2.45) is 11.7 Å². The number of rotatable bonds is 7. The molecule has 4 heteroatoms. The Bertz CT molecular complexity index is 316. The molecule has 0 unspecified atom stereocenters. The van der Waals surface area contributed by atoms with E-state index < -0.39 is 5.54 Å². The van der Waals surface area contributed by atoms with Gasteiger partial charge < -0.3 is 11.1 Å². The van der Waals surface area contributed by atoms with E-state index >= 15 is 0 Å². The minimum absolute atomic E-state index is 0.111. The Balaban J connectivity index is 2.77.